The molecule has 88 valence electrons. The third kappa shape index (κ3) is 2.73. The fourth-order valence-corrected chi connectivity index (χ4v) is 1.59. The van der Waals surface area contributed by atoms with Crippen molar-refractivity contribution < 1.29 is 13.6 Å². The summed E-state index contributed by atoms with van der Waals surface area (Å²) in [6.45, 7) is -0.152. The van der Waals surface area contributed by atoms with Gasteiger partial charge in [0.25, 0.3) is 0 Å². The molecule has 0 aliphatic carbocycles. The molecule has 0 bridgehead atoms. The summed E-state index contributed by atoms with van der Waals surface area (Å²) in [5.74, 6) is -2.10. The largest absolute Gasteiger partial charge is 0.292 e. The van der Waals surface area contributed by atoms with Crippen molar-refractivity contribution in [2.24, 2.45) is 0 Å². The Hall–Kier alpha value is -1.63. The second-order valence-corrected chi connectivity index (χ2v) is 3.97. The Kier molecular flexibility index (Phi) is 3.28. The fraction of sp³-hybridized carbons (Fsp3) is 0.100. The Morgan fingerprint density at radius 2 is 2.18 bits per heavy atom. The predicted octanol–water partition coefficient (Wildman–Crippen LogP) is 2.20. The number of carbonyl (C=O) groups is 1. The third-order valence-electron chi connectivity index (χ3n) is 2.05. The number of carbonyl (C=O) groups excluding carboxylic acids is 1. The zero-order chi connectivity index (χ0) is 12.4. The summed E-state index contributed by atoms with van der Waals surface area (Å²) in [7, 11) is 0. The van der Waals surface area contributed by atoms with E-state index in [4.69, 9.17) is 0 Å². The zero-order valence-electron chi connectivity index (χ0n) is 8.40. The summed E-state index contributed by atoms with van der Waals surface area (Å²) >= 11 is 3.02. The number of aromatic nitrogens is 3. The monoisotopic (exact) mass is 301 g/mol. The highest BCUT2D eigenvalue weighted by molar-refractivity contribution is 9.10. The molecule has 0 aliphatic rings. The van der Waals surface area contributed by atoms with Gasteiger partial charge in [0.2, 0.25) is 4.73 Å². The topological polar surface area (TPSA) is 47.8 Å². The van der Waals surface area contributed by atoms with Crippen molar-refractivity contribution in [3.63, 3.8) is 0 Å². The van der Waals surface area contributed by atoms with Gasteiger partial charge in [-0.2, -0.15) is 0 Å². The van der Waals surface area contributed by atoms with E-state index in [1.165, 1.54) is 11.0 Å². The van der Waals surface area contributed by atoms with Gasteiger partial charge in [-0.15, -0.1) is 5.10 Å². The lowest BCUT2D eigenvalue weighted by Gasteiger charge is -2.02. The number of hydrogen-bond acceptors (Lipinski definition) is 3. The first kappa shape index (κ1) is 11.8. The van der Waals surface area contributed by atoms with Gasteiger partial charge < -0.3 is 0 Å². The maximum Gasteiger partial charge on any atom is 0.217 e. The number of nitrogens with zero attached hydrogens (tertiary/aromatic N) is 3. The summed E-state index contributed by atoms with van der Waals surface area (Å²) in [5.41, 5.74) is -0.168. The molecule has 4 nitrogen and oxygen atoms in total. The molecule has 2 rings (SSSR count). The molecular weight excluding hydrogens is 296 g/mol. The Balaban J connectivity index is 2.20. The highest BCUT2D eigenvalue weighted by Crippen LogP contribution is 2.11. The van der Waals surface area contributed by atoms with Crippen LogP contribution in [-0.4, -0.2) is 20.5 Å². The predicted molar refractivity (Wildman–Crippen MR) is 58.4 cm³/mol. The first-order chi connectivity index (χ1) is 8.06. The Morgan fingerprint density at radius 1 is 1.41 bits per heavy atom. The summed E-state index contributed by atoms with van der Waals surface area (Å²) in [6, 6.07) is 2.82. The minimum absolute atomic E-state index is 0.152. The van der Waals surface area contributed by atoms with E-state index < -0.39 is 17.4 Å². The van der Waals surface area contributed by atoms with Crippen LogP contribution in [0, 0.1) is 11.6 Å². The van der Waals surface area contributed by atoms with E-state index in [2.05, 4.69) is 26.0 Å². The summed E-state index contributed by atoms with van der Waals surface area (Å²) in [4.78, 5) is 15.5. The highest BCUT2D eigenvalue weighted by Gasteiger charge is 2.13. The van der Waals surface area contributed by atoms with E-state index in [0.29, 0.717) is 10.8 Å². The number of ketones is 1. The molecular formula is C10H6BrF2N3O. The third-order valence-corrected chi connectivity index (χ3v) is 2.41. The highest BCUT2D eigenvalue weighted by atomic mass is 79.9. The average Bonchev–Trinajstić information content (AvgIpc) is 2.63. The van der Waals surface area contributed by atoms with Gasteiger partial charge in [0.05, 0.1) is 5.56 Å². The van der Waals surface area contributed by atoms with Crippen molar-refractivity contribution in [3.8, 4) is 0 Å². The van der Waals surface area contributed by atoms with Gasteiger partial charge in [-0.05, 0) is 28.1 Å². The van der Waals surface area contributed by atoms with E-state index in [1.807, 2.05) is 0 Å². The van der Waals surface area contributed by atoms with Gasteiger partial charge in [-0.25, -0.2) is 18.4 Å². The molecule has 17 heavy (non-hydrogen) atoms. The smallest absolute Gasteiger partial charge is 0.217 e. The van der Waals surface area contributed by atoms with Crippen molar-refractivity contribution >= 4 is 21.7 Å². The number of Topliss-reactive ketones (excluding diaryl/α,β-unsaturated/α-hetero) is 1. The lowest BCUT2D eigenvalue weighted by Crippen LogP contribution is -2.12. The summed E-state index contributed by atoms with van der Waals surface area (Å²) in [5, 5.41) is 3.83. The van der Waals surface area contributed by atoms with Crippen LogP contribution in [0.5, 0.6) is 0 Å². The Labute approximate surface area is 103 Å². The van der Waals surface area contributed by atoms with Gasteiger partial charge in [-0.3, -0.25) is 4.79 Å². The molecule has 0 saturated carbocycles. The molecule has 1 aromatic carbocycles. The maximum atomic E-state index is 13.3. The Morgan fingerprint density at radius 3 is 2.76 bits per heavy atom. The van der Waals surface area contributed by atoms with Crippen LogP contribution in [0.25, 0.3) is 0 Å². The molecule has 7 heteroatoms. The minimum atomic E-state index is -0.880. The molecule has 0 radical (unpaired) electrons. The summed E-state index contributed by atoms with van der Waals surface area (Å²) in [6.07, 6.45) is 1.34. The van der Waals surface area contributed by atoms with Crippen molar-refractivity contribution in [1.82, 2.24) is 14.8 Å². The Bertz CT molecular complexity index is 570. The van der Waals surface area contributed by atoms with E-state index in [1.54, 1.807) is 0 Å². The molecule has 2 aromatic rings. The van der Waals surface area contributed by atoms with Crippen LogP contribution in [0.2, 0.25) is 0 Å². The van der Waals surface area contributed by atoms with Gasteiger partial charge in [0, 0.05) is 6.07 Å². The quantitative estimate of drug-likeness (QED) is 0.817. The van der Waals surface area contributed by atoms with Crippen molar-refractivity contribution in [2.75, 3.05) is 0 Å². The molecule has 0 unspecified atom stereocenters. The van der Waals surface area contributed by atoms with Gasteiger partial charge in [0.1, 0.15) is 24.5 Å². The number of halogens is 3. The standard InChI is InChI=1S/C10H6BrF2N3O/c11-10-14-5-16(15-10)4-9(17)7-2-1-6(12)3-8(7)13/h1-3,5H,4H2. The van der Waals surface area contributed by atoms with Gasteiger partial charge in [-0.1, -0.05) is 0 Å². The van der Waals surface area contributed by atoms with Crippen LogP contribution in [0.1, 0.15) is 10.4 Å². The molecule has 0 aliphatic heterocycles. The first-order valence-electron chi connectivity index (χ1n) is 4.59. The first-order valence-corrected chi connectivity index (χ1v) is 5.39. The number of hydrogen-bond donors (Lipinski definition) is 0. The molecule has 0 atom stereocenters. The SMILES string of the molecule is O=C(Cn1cnc(Br)n1)c1ccc(F)cc1F. The van der Waals surface area contributed by atoms with Crippen LogP contribution in [0.3, 0.4) is 0 Å². The van der Waals surface area contributed by atoms with Crippen LogP contribution in [-0.2, 0) is 6.54 Å². The van der Waals surface area contributed by atoms with Crippen molar-refractivity contribution in [3.05, 3.63) is 46.5 Å². The zero-order valence-corrected chi connectivity index (χ0v) is 9.99. The summed E-state index contributed by atoms with van der Waals surface area (Å²) < 4.78 is 27.5. The molecule has 1 aromatic heterocycles. The van der Waals surface area contributed by atoms with Gasteiger partial charge >= 0.3 is 0 Å². The van der Waals surface area contributed by atoms with E-state index in [-0.39, 0.29) is 12.1 Å². The van der Waals surface area contributed by atoms with E-state index in [9.17, 15) is 13.6 Å². The van der Waals surface area contributed by atoms with Crippen LogP contribution >= 0.6 is 15.9 Å². The van der Waals surface area contributed by atoms with Crippen molar-refractivity contribution in [2.45, 2.75) is 6.54 Å². The second kappa shape index (κ2) is 4.70. The normalized spacial score (nSPS) is 10.5. The number of rotatable bonds is 3. The van der Waals surface area contributed by atoms with E-state index >= 15 is 0 Å². The lowest BCUT2D eigenvalue weighted by atomic mass is 10.1. The molecule has 0 saturated heterocycles. The second-order valence-electron chi connectivity index (χ2n) is 3.26. The van der Waals surface area contributed by atoms with Crippen LogP contribution in [0.4, 0.5) is 8.78 Å². The van der Waals surface area contributed by atoms with E-state index in [0.717, 1.165) is 12.1 Å². The molecule has 1 heterocycles. The van der Waals surface area contributed by atoms with Gasteiger partial charge in [0.15, 0.2) is 5.78 Å². The van der Waals surface area contributed by atoms with Crippen LogP contribution < -0.4 is 0 Å². The molecule has 0 N–H and O–H groups in total. The lowest BCUT2D eigenvalue weighted by molar-refractivity contribution is 0.0963. The van der Waals surface area contributed by atoms with Crippen molar-refractivity contribution in [1.29, 1.82) is 0 Å². The average molecular weight is 302 g/mol. The molecule has 0 fully saturated rings. The molecule has 0 amide bonds. The minimum Gasteiger partial charge on any atom is -0.292 e. The van der Waals surface area contributed by atoms with Crippen LogP contribution in [0.15, 0.2) is 29.3 Å². The fourth-order valence-electron chi connectivity index (χ4n) is 1.30. The number of benzene rings is 1. The maximum absolute atomic E-state index is 13.3. The molecule has 0 spiro atoms.